The van der Waals surface area contributed by atoms with E-state index in [1.807, 2.05) is 0 Å². The molecule has 0 radical (unpaired) electrons. The van der Waals surface area contributed by atoms with Crippen LogP contribution in [-0.2, 0) is 9.53 Å². The summed E-state index contributed by atoms with van der Waals surface area (Å²) in [6.45, 7) is 2.53. The highest BCUT2D eigenvalue weighted by Crippen LogP contribution is 2.27. The number of aryl methyl sites for hydroxylation is 2. The van der Waals surface area contributed by atoms with Crippen molar-refractivity contribution in [3.05, 3.63) is 56.6 Å². The van der Waals surface area contributed by atoms with Crippen molar-refractivity contribution >= 4 is 29.2 Å². The second kappa shape index (κ2) is 7.85. The summed E-state index contributed by atoms with van der Waals surface area (Å²) in [5.41, 5.74) is 0.329. The van der Waals surface area contributed by atoms with Crippen LogP contribution in [0.5, 0.6) is 5.75 Å². The molecule has 1 N–H and O–H groups in total. The van der Waals surface area contributed by atoms with Gasteiger partial charge in [0.2, 0.25) is 0 Å². The number of methoxy groups -OCH3 is 1. The van der Waals surface area contributed by atoms with Gasteiger partial charge < -0.3 is 19.2 Å². The minimum atomic E-state index is -0.757. The van der Waals surface area contributed by atoms with Gasteiger partial charge in [-0.25, -0.2) is 9.59 Å². The number of nitrogens with one attached hydrogen (secondary N) is 1. The summed E-state index contributed by atoms with van der Waals surface area (Å²) in [7, 11) is 1.45. The second-order valence-corrected chi connectivity index (χ2v) is 5.58. The average molecular weight is 366 g/mol. The van der Waals surface area contributed by atoms with E-state index in [9.17, 15) is 14.4 Å². The molecule has 2 rings (SSSR count). The molecule has 0 aliphatic rings. The van der Waals surface area contributed by atoms with Crippen molar-refractivity contribution in [1.29, 1.82) is 0 Å². The fraction of sp³-hybridized carbons (Fsp3) is 0.235. The Labute approximate surface area is 148 Å². The fourth-order valence-corrected chi connectivity index (χ4v) is 2.40. The SMILES string of the molecule is COc1ccc(Cl)cc1NC(=O)COC(=O)c1c(C)cc(=O)oc1C. The number of hydrogen-bond donors (Lipinski definition) is 1. The van der Waals surface area contributed by atoms with Gasteiger partial charge in [0.15, 0.2) is 6.61 Å². The Morgan fingerprint density at radius 2 is 1.96 bits per heavy atom. The summed E-state index contributed by atoms with van der Waals surface area (Å²) in [5.74, 6) is -0.777. The van der Waals surface area contributed by atoms with E-state index >= 15 is 0 Å². The van der Waals surface area contributed by atoms with Crippen LogP contribution in [0.1, 0.15) is 21.7 Å². The lowest BCUT2D eigenvalue weighted by molar-refractivity contribution is -0.119. The average Bonchev–Trinajstić information content (AvgIpc) is 2.52. The third-order valence-electron chi connectivity index (χ3n) is 3.31. The van der Waals surface area contributed by atoms with Crippen molar-refractivity contribution < 1.29 is 23.5 Å². The van der Waals surface area contributed by atoms with Crippen LogP contribution in [0.4, 0.5) is 5.69 Å². The van der Waals surface area contributed by atoms with Gasteiger partial charge in [0.05, 0.1) is 12.8 Å². The predicted molar refractivity (Wildman–Crippen MR) is 91.4 cm³/mol. The van der Waals surface area contributed by atoms with E-state index in [2.05, 4.69) is 5.32 Å². The van der Waals surface area contributed by atoms with E-state index in [0.29, 0.717) is 22.0 Å². The molecule has 0 saturated heterocycles. The van der Waals surface area contributed by atoms with E-state index in [-0.39, 0.29) is 11.3 Å². The molecule has 7 nitrogen and oxygen atoms in total. The van der Waals surface area contributed by atoms with E-state index in [1.165, 1.54) is 26.2 Å². The Hall–Kier alpha value is -2.80. The zero-order valence-electron chi connectivity index (χ0n) is 13.8. The highest BCUT2D eigenvalue weighted by Gasteiger charge is 2.18. The van der Waals surface area contributed by atoms with Gasteiger partial charge in [-0.05, 0) is 37.6 Å². The smallest absolute Gasteiger partial charge is 0.342 e. The number of rotatable bonds is 5. The maximum Gasteiger partial charge on any atom is 0.342 e. The zero-order valence-corrected chi connectivity index (χ0v) is 14.6. The van der Waals surface area contributed by atoms with Crippen LogP contribution in [0, 0.1) is 13.8 Å². The number of amides is 1. The summed E-state index contributed by atoms with van der Waals surface area (Å²) < 4.78 is 15.0. The van der Waals surface area contributed by atoms with Gasteiger partial charge in [-0.15, -0.1) is 0 Å². The second-order valence-electron chi connectivity index (χ2n) is 5.15. The molecule has 132 valence electrons. The van der Waals surface area contributed by atoms with Gasteiger partial charge in [-0.2, -0.15) is 0 Å². The molecule has 1 heterocycles. The van der Waals surface area contributed by atoms with Gasteiger partial charge in [0, 0.05) is 11.1 Å². The van der Waals surface area contributed by atoms with Crippen LogP contribution in [0.2, 0.25) is 5.02 Å². The number of ether oxygens (including phenoxy) is 2. The van der Waals surface area contributed by atoms with Crippen molar-refractivity contribution in [3.63, 3.8) is 0 Å². The number of anilines is 1. The van der Waals surface area contributed by atoms with Gasteiger partial charge >= 0.3 is 11.6 Å². The Morgan fingerprint density at radius 1 is 1.24 bits per heavy atom. The highest BCUT2D eigenvalue weighted by molar-refractivity contribution is 6.31. The first-order chi connectivity index (χ1) is 11.8. The van der Waals surface area contributed by atoms with Crippen LogP contribution < -0.4 is 15.7 Å². The van der Waals surface area contributed by atoms with Gasteiger partial charge in [0.1, 0.15) is 17.1 Å². The Balaban J connectivity index is 2.04. The lowest BCUT2D eigenvalue weighted by Crippen LogP contribution is -2.22. The first-order valence-corrected chi connectivity index (χ1v) is 7.61. The van der Waals surface area contributed by atoms with Gasteiger partial charge in [0.25, 0.3) is 5.91 Å². The van der Waals surface area contributed by atoms with Crippen LogP contribution >= 0.6 is 11.6 Å². The number of hydrogen-bond acceptors (Lipinski definition) is 6. The number of benzene rings is 1. The molecule has 1 aromatic carbocycles. The van der Waals surface area contributed by atoms with E-state index < -0.39 is 24.1 Å². The Bertz CT molecular complexity index is 848. The van der Waals surface area contributed by atoms with Crippen LogP contribution in [-0.4, -0.2) is 25.6 Å². The molecule has 0 saturated carbocycles. The minimum Gasteiger partial charge on any atom is -0.495 e. The first-order valence-electron chi connectivity index (χ1n) is 7.23. The standard InChI is InChI=1S/C17H16ClNO6/c1-9-6-15(21)25-10(2)16(9)17(22)24-8-14(20)19-12-7-11(18)4-5-13(12)23-3/h4-7H,8H2,1-3H3,(H,19,20). The van der Waals surface area contributed by atoms with Crippen molar-refractivity contribution in [2.45, 2.75) is 13.8 Å². The summed E-state index contributed by atoms with van der Waals surface area (Å²) >= 11 is 5.88. The summed E-state index contributed by atoms with van der Waals surface area (Å²) in [4.78, 5) is 35.4. The van der Waals surface area contributed by atoms with E-state index in [0.717, 1.165) is 0 Å². The molecular formula is C17H16ClNO6. The fourth-order valence-electron chi connectivity index (χ4n) is 2.23. The molecule has 25 heavy (non-hydrogen) atoms. The molecule has 2 aromatic rings. The van der Waals surface area contributed by atoms with Crippen molar-refractivity contribution in [1.82, 2.24) is 0 Å². The molecule has 0 aliphatic heterocycles. The number of halogens is 1. The predicted octanol–water partition coefficient (Wildman–Crippen LogP) is 2.71. The highest BCUT2D eigenvalue weighted by atomic mass is 35.5. The molecule has 1 aromatic heterocycles. The molecule has 0 bridgehead atoms. The molecule has 0 fully saturated rings. The van der Waals surface area contributed by atoms with Gasteiger partial charge in [-0.1, -0.05) is 11.6 Å². The maximum absolute atomic E-state index is 12.1. The minimum absolute atomic E-state index is 0.118. The molecule has 0 spiro atoms. The lowest BCUT2D eigenvalue weighted by atomic mass is 10.1. The molecule has 8 heteroatoms. The first kappa shape index (κ1) is 18.5. The molecule has 1 amide bonds. The van der Waals surface area contributed by atoms with Gasteiger partial charge in [-0.3, -0.25) is 4.79 Å². The maximum atomic E-state index is 12.1. The van der Waals surface area contributed by atoms with Crippen LogP contribution in [0.15, 0.2) is 33.5 Å². The molecular weight excluding hydrogens is 350 g/mol. The summed E-state index contributed by atoms with van der Waals surface area (Å²) in [5, 5.41) is 2.96. The number of carbonyl (C=O) groups is 2. The largest absolute Gasteiger partial charge is 0.495 e. The van der Waals surface area contributed by atoms with Crippen LogP contribution in [0.25, 0.3) is 0 Å². The molecule has 0 aliphatic carbocycles. The normalized spacial score (nSPS) is 10.2. The zero-order chi connectivity index (χ0) is 18.6. The number of carbonyl (C=O) groups excluding carboxylic acids is 2. The third kappa shape index (κ3) is 4.60. The lowest BCUT2D eigenvalue weighted by Gasteiger charge is -2.11. The summed E-state index contributed by atoms with van der Waals surface area (Å²) in [6.07, 6.45) is 0. The van der Waals surface area contributed by atoms with E-state index in [4.69, 9.17) is 25.5 Å². The Morgan fingerprint density at radius 3 is 2.60 bits per heavy atom. The van der Waals surface area contributed by atoms with Crippen molar-refractivity contribution in [3.8, 4) is 5.75 Å². The molecule has 0 atom stereocenters. The van der Waals surface area contributed by atoms with Crippen molar-refractivity contribution in [2.75, 3.05) is 19.0 Å². The summed E-state index contributed by atoms with van der Waals surface area (Å²) in [6, 6.07) is 5.91. The van der Waals surface area contributed by atoms with Crippen molar-refractivity contribution in [2.24, 2.45) is 0 Å². The van der Waals surface area contributed by atoms with E-state index in [1.54, 1.807) is 19.1 Å². The quantitative estimate of drug-likeness (QED) is 0.818. The Kier molecular flexibility index (Phi) is 5.82. The molecule has 0 unspecified atom stereocenters. The topological polar surface area (TPSA) is 94.8 Å². The monoisotopic (exact) mass is 365 g/mol. The number of esters is 1. The third-order valence-corrected chi connectivity index (χ3v) is 3.54. The van der Waals surface area contributed by atoms with Crippen LogP contribution in [0.3, 0.4) is 0 Å².